The molecule has 27 heavy (non-hydrogen) atoms. The molecule has 2 aromatic rings. The lowest BCUT2D eigenvalue weighted by Crippen LogP contribution is -2.38. The van der Waals surface area contributed by atoms with Gasteiger partial charge in [-0.05, 0) is 61.1 Å². The highest BCUT2D eigenvalue weighted by molar-refractivity contribution is 6.00. The largest absolute Gasteiger partial charge is 0.465 e. The normalized spacial score (nSPS) is 21.4. The second-order valence-electron chi connectivity index (χ2n) is 7.24. The van der Waals surface area contributed by atoms with Crippen molar-refractivity contribution < 1.29 is 23.1 Å². The molecular formula is C21H19F2NO3. The maximum atomic E-state index is 13.6. The Labute approximate surface area is 155 Å². The molecule has 4 nitrogen and oxygen atoms in total. The number of esters is 1. The van der Waals surface area contributed by atoms with Crippen LogP contribution in [0.1, 0.15) is 34.3 Å². The van der Waals surface area contributed by atoms with Gasteiger partial charge in [0.25, 0.3) is 0 Å². The molecule has 2 aliphatic rings. The van der Waals surface area contributed by atoms with E-state index in [0.29, 0.717) is 43.5 Å². The number of halogens is 2. The summed E-state index contributed by atoms with van der Waals surface area (Å²) in [6.45, 7) is 0.486. The Morgan fingerprint density at radius 1 is 1.07 bits per heavy atom. The number of aryl methyl sites for hydroxylation is 1. The molecule has 1 fully saturated rings. The third-order valence-electron chi connectivity index (χ3n) is 5.76. The summed E-state index contributed by atoms with van der Waals surface area (Å²) in [5, 5.41) is 0. The lowest BCUT2D eigenvalue weighted by Gasteiger charge is -2.33. The van der Waals surface area contributed by atoms with Crippen molar-refractivity contribution in [2.45, 2.75) is 25.7 Å². The van der Waals surface area contributed by atoms with Gasteiger partial charge in [-0.3, -0.25) is 4.79 Å². The van der Waals surface area contributed by atoms with E-state index in [1.807, 2.05) is 12.1 Å². The smallest absolute Gasteiger partial charge is 0.337 e. The van der Waals surface area contributed by atoms with Crippen LogP contribution in [0.5, 0.6) is 0 Å². The molecule has 140 valence electrons. The molecule has 0 bridgehead atoms. The molecule has 1 spiro atoms. The second kappa shape index (κ2) is 6.44. The van der Waals surface area contributed by atoms with E-state index in [1.54, 1.807) is 11.0 Å². The van der Waals surface area contributed by atoms with Gasteiger partial charge < -0.3 is 9.64 Å². The van der Waals surface area contributed by atoms with E-state index in [-0.39, 0.29) is 11.9 Å². The summed E-state index contributed by atoms with van der Waals surface area (Å²) in [7, 11) is 1.35. The predicted octanol–water partition coefficient (Wildman–Crippen LogP) is 3.66. The van der Waals surface area contributed by atoms with Crippen molar-refractivity contribution in [2.75, 3.05) is 18.6 Å². The Morgan fingerprint density at radius 3 is 2.63 bits per heavy atom. The molecule has 0 radical (unpaired) electrons. The Bertz CT molecular complexity index is 943. The number of anilines is 1. The number of rotatable bonds is 2. The van der Waals surface area contributed by atoms with E-state index < -0.39 is 17.0 Å². The first-order valence-electron chi connectivity index (χ1n) is 8.91. The summed E-state index contributed by atoms with van der Waals surface area (Å²) in [6.07, 6.45) is 2.62. The highest BCUT2D eigenvalue weighted by Crippen LogP contribution is 2.45. The van der Waals surface area contributed by atoms with Gasteiger partial charge in [0.15, 0.2) is 11.6 Å². The van der Waals surface area contributed by atoms with Crippen LogP contribution in [0, 0.1) is 17.0 Å². The summed E-state index contributed by atoms with van der Waals surface area (Å²) >= 11 is 0. The maximum absolute atomic E-state index is 13.6. The molecule has 0 N–H and O–H groups in total. The molecule has 1 heterocycles. The van der Waals surface area contributed by atoms with Crippen LogP contribution < -0.4 is 4.90 Å². The van der Waals surface area contributed by atoms with Gasteiger partial charge in [-0.2, -0.15) is 0 Å². The number of hydrogen-bond donors (Lipinski definition) is 0. The van der Waals surface area contributed by atoms with Gasteiger partial charge in [-0.1, -0.05) is 6.07 Å². The number of hydrogen-bond acceptors (Lipinski definition) is 3. The fourth-order valence-corrected chi connectivity index (χ4v) is 4.22. The van der Waals surface area contributed by atoms with Gasteiger partial charge in [0.05, 0.1) is 18.1 Å². The first kappa shape index (κ1) is 17.6. The first-order chi connectivity index (χ1) is 12.9. The number of ether oxygens (including phenoxy) is 1. The number of amides is 1. The molecule has 1 saturated heterocycles. The minimum atomic E-state index is -0.953. The fourth-order valence-electron chi connectivity index (χ4n) is 4.22. The number of carbonyl (C=O) groups is 2. The topological polar surface area (TPSA) is 46.6 Å². The van der Waals surface area contributed by atoms with Gasteiger partial charge >= 0.3 is 5.97 Å². The predicted molar refractivity (Wildman–Crippen MR) is 95.6 cm³/mol. The van der Waals surface area contributed by atoms with Crippen LogP contribution in [-0.2, 0) is 22.4 Å². The van der Waals surface area contributed by atoms with Crippen molar-refractivity contribution >= 4 is 17.6 Å². The Balaban J connectivity index is 1.60. The molecule has 1 aliphatic heterocycles. The fraction of sp³-hybridized carbons (Fsp3) is 0.333. The highest BCUT2D eigenvalue weighted by Gasteiger charge is 2.48. The zero-order valence-corrected chi connectivity index (χ0v) is 14.9. The summed E-state index contributed by atoms with van der Waals surface area (Å²) in [5.74, 6) is -2.30. The quantitative estimate of drug-likeness (QED) is 0.757. The molecule has 6 heteroatoms. The molecular weight excluding hydrogens is 352 g/mol. The molecule has 0 saturated carbocycles. The first-order valence-corrected chi connectivity index (χ1v) is 8.91. The summed E-state index contributed by atoms with van der Waals surface area (Å²) < 4.78 is 31.5. The third kappa shape index (κ3) is 2.89. The van der Waals surface area contributed by atoms with Crippen molar-refractivity contribution in [1.82, 2.24) is 0 Å². The van der Waals surface area contributed by atoms with Gasteiger partial charge in [0.1, 0.15) is 0 Å². The second-order valence-corrected chi connectivity index (χ2v) is 7.24. The van der Waals surface area contributed by atoms with Gasteiger partial charge in [0.2, 0.25) is 5.91 Å². The van der Waals surface area contributed by atoms with Crippen LogP contribution in [0.2, 0.25) is 0 Å². The van der Waals surface area contributed by atoms with Crippen LogP contribution in [-0.4, -0.2) is 25.5 Å². The summed E-state index contributed by atoms with van der Waals surface area (Å²) in [4.78, 5) is 26.4. The molecule has 1 amide bonds. The molecule has 0 aromatic heterocycles. The SMILES string of the molecule is COC(=O)c1ccc2c(c1)CC[C@]1(CCN(c3ccc(F)c(F)c3)C1=O)C2. The van der Waals surface area contributed by atoms with Crippen molar-refractivity contribution in [2.24, 2.45) is 5.41 Å². The Hall–Kier alpha value is -2.76. The molecule has 1 aliphatic carbocycles. The minimum absolute atomic E-state index is 0.0452. The van der Waals surface area contributed by atoms with E-state index in [2.05, 4.69) is 0 Å². The minimum Gasteiger partial charge on any atom is -0.465 e. The lowest BCUT2D eigenvalue weighted by atomic mass is 9.70. The maximum Gasteiger partial charge on any atom is 0.337 e. The zero-order valence-electron chi connectivity index (χ0n) is 14.9. The van der Waals surface area contributed by atoms with E-state index >= 15 is 0 Å². The number of benzene rings is 2. The van der Waals surface area contributed by atoms with Gasteiger partial charge in [0, 0.05) is 18.3 Å². The number of methoxy groups -OCH3 is 1. The zero-order chi connectivity index (χ0) is 19.2. The molecule has 0 unspecified atom stereocenters. The Morgan fingerprint density at radius 2 is 1.89 bits per heavy atom. The number of fused-ring (bicyclic) bond motifs is 1. The van der Waals surface area contributed by atoms with Crippen molar-refractivity contribution in [3.63, 3.8) is 0 Å². The van der Waals surface area contributed by atoms with Crippen LogP contribution in [0.15, 0.2) is 36.4 Å². The average Bonchev–Trinajstić information content (AvgIpc) is 2.99. The van der Waals surface area contributed by atoms with Crippen molar-refractivity contribution in [3.05, 3.63) is 64.7 Å². The molecule has 4 rings (SSSR count). The van der Waals surface area contributed by atoms with Crippen molar-refractivity contribution in [3.8, 4) is 0 Å². The number of nitrogens with zero attached hydrogens (tertiary/aromatic N) is 1. The van der Waals surface area contributed by atoms with Crippen molar-refractivity contribution in [1.29, 1.82) is 0 Å². The highest BCUT2D eigenvalue weighted by atomic mass is 19.2. The average molecular weight is 371 g/mol. The van der Waals surface area contributed by atoms with Crippen LogP contribution in [0.4, 0.5) is 14.5 Å². The summed E-state index contributed by atoms with van der Waals surface area (Å²) in [5.41, 5.74) is 2.48. The van der Waals surface area contributed by atoms with Crippen LogP contribution in [0.3, 0.4) is 0 Å². The lowest BCUT2D eigenvalue weighted by molar-refractivity contribution is -0.126. The standard InChI is InChI=1S/C21H19F2NO3/c1-27-19(25)14-2-3-15-12-21(7-6-13(15)10-14)8-9-24(20(21)26)16-4-5-17(22)18(23)11-16/h2-5,10-11H,6-9,12H2,1H3/t21-/m0/s1. The molecule has 2 aromatic carbocycles. The van der Waals surface area contributed by atoms with Crippen LogP contribution >= 0.6 is 0 Å². The monoisotopic (exact) mass is 371 g/mol. The Kier molecular flexibility index (Phi) is 4.21. The van der Waals surface area contributed by atoms with E-state index in [1.165, 1.54) is 13.2 Å². The summed E-state index contributed by atoms with van der Waals surface area (Å²) in [6, 6.07) is 9.00. The van der Waals surface area contributed by atoms with Crippen LogP contribution in [0.25, 0.3) is 0 Å². The van der Waals surface area contributed by atoms with Gasteiger partial charge in [-0.25, -0.2) is 13.6 Å². The third-order valence-corrected chi connectivity index (χ3v) is 5.76. The van der Waals surface area contributed by atoms with E-state index in [0.717, 1.165) is 23.3 Å². The van der Waals surface area contributed by atoms with E-state index in [4.69, 9.17) is 4.74 Å². The van der Waals surface area contributed by atoms with E-state index in [9.17, 15) is 18.4 Å². The molecule has 1 atom stereocenters. The number of carbonyl (C=O) groups excluding carboxylic acids is 2. The van der Waals surface area contributed by atoms with Gasteiger partial charge in [-0.15, -0.1) is 0 Å².